The minimum absolute atomic E-state index is 0.0891. The standard InChI is InChI=1S/C18H20F3N3O3/c1-10-5-6-11(7-13(10)18(19,20)21)14-22-15(27-23-14)12-8-24(9-12)16(25)26-17(2,3)4/h5-7,12H,8-9H2,1-4H3. The van der Waals surface area contributed by atoms with E-state index in [0.717, 1.165) is 6.07 Å². The van der Waals surface area contributed by atoms with Crippen LogP contribution < -0.4 is 0 Å². The SMILES string of the molecule is Cc1ccc(-c2noc(C3CN(C(=O)OC(C)(C)C)C3)n2)cc1C(F)(F)F. The van der Waals surface area contributed by atoms with Crippen LogP contribution in [0.4, 0.5) is 18.0 Å². The van der Waals surface area contributed by atoms with Gasteiger partial charge in [-0.05, 0) is 39.3 Å². The summed E-state index contributed by atoms with van der Waals surface area (Å²) in [6, 6.07) is 3.91. The van der Waals surface area contributed by atoms with Crippen molar-refractivity contribution in [1.29, 1.82) is 0 Å². The maximum atomic E-state index is 13.1. The van der Waals surface area contributed by atoms with Crippen LogP contribution in [-0.2, 0) is 10.9 Å². The molecule has 0 unspecified atom stereocenters. The van der Waals surface area contributed by atoms with Crippen LogP contribution in [0.15, 0.2) is 22.7 Å². The van der Waals surface area contributed by atoms with Gasteiger partial charge in [-0.1, -0.05) is 17.3 Å². The largest absolute Gasteiger partial charge is 0.444 e. The molecule has 9 heteroatoms. The average molecular weight is 383 g/mol. The van der Waals surface area contributed by atoms with Gasteiger partial charge in [-0.25, -0.2) is 4.79 Å². The van der Waals surface area contributed by atoms with Gasteiger partial charge in [0, 0.05) is 18.7 Å². The summed E-state index contributed by atoms with van der Waals surface area (Å²) in [5, 5.41) is 3.78. The molecule has 2 heterocycles. The Morgan fingerprint density at radius 1 is 1.26 bits per heavy atom. The van der Waals surface area contributed by atoms with Gasteiger partial charge in [0.2, 0.25) is 11.7 Å². The third-order valence-electron chi connectivity index (χ3n) is 4.13. The van der Waals surface area contributed by atoms with Crippen LogP contribution in [0.2, 0.25) is 0 Å². The number of carbonyl (C=O) groups excluding carboxylic acids is 1. The predicted octanol–water partition coefficient (Wildman–Crippen LogP) is 4.40. The fourth-order valence-corrected chi connectivity index (χ4v) is 2.70. The summed E-state index contributed by atoms with van der Waals surface area (Å²) < 4.78 is 49.6. The van der Waals surface area contributed by atoms with E-state index in [-0.39, 0.29) is 22.9 Å². The molecular formula is C18H20F3N3O3. The van der Waals surface area contributed by atoms with E-state index in [1.54, 1.807) is 20.8 Å². The lowest BCUT2D eigenvalue weighted by atomic mass is 10.0. The van der Waals surface area contributed by atoms with Crippen molar-refractivity contribution in [2.75, 3.05) is 13.1 Å². The molecule has 6 nitrogen and oxygen atoms in total. The first kappa shape index (κ1) is 19.2. The highest BCUT2D eigenvalue weighted by Gasteiger charge is 2.38. The molecule has 0 aliphatic carbocycles. The van der Waals surface area contributed by atoms with Gasteiger partial charge >= 0.3 is 12.3 Å². The molecule has 0 N–H and O–H groups in total. The van der Waals surface area contributed by atoms with Crippen LogP contribution in [0.1, 0.15) is 43.7 Å². The van der Waals surface area contributed by atoms with Crippen molar-refractivity contribution in [2.24, 2.45) is 0 Å². The minimum Gasteiger partial charge on any atom is -0.444 e. The van der Waals surface area contributed by atoms with Crippen molar-refractivity contribution >= 4 is 6.09 Å². The number of aryl methyl sites for hydroxylation is 1. The van der Waals surface area contributed by atoms with E-state index in [2.05, 4.69) is 10.1 Å². The van der Waals surface area contributed by atoms with Crippen molar-refractivity contribution in [3.8, 4) is 11.4 Å². The average Bonchev–Trinajstić information content (AvgIpc) is 2.92. The smallest absolute Gasteiger partial charge is 0.416 e. The minimum atomic E-state index is -4.45. The maximum Gasteiger partial charge on any atom is 0.416 e. The van der Waals surface area contributed by atoms with Gasteiger partial charge in [0.25, 0.3) is 0 Å². The Morgan fingerprint density at radius 3 is 2.52 bits per heavy atom. The molecule has 1 aromatic heterocycles. The number of rotatable bonds is 2. The number of halogens is 3. The van der Waals surface area contributed by atoms with E-state index < -0.39 is 23.4 Å². The van der Waals surface area contributed by atoms with Gasteiger partial charge in [-0.3, -0.25) is 0 Å². The molecule has 2 aromatic rings. The maximum absolute atomic E-state index is 13.1. The van der Waals surface area contributed by atoms with Gasteiger partial charge in [0.1, 0.15) is 5.60 Å². The quantitative estimate of drug-likeness (QED) is 0.769. The molecule has 1 amide bonds. The number of alkyl halides is 3. The Bertz CT molecular complexity index is 850. The lowest BCUT2D eigenvalue weighted by Gasteiger charge is -2.37. The second kappa shape index (κ2) is 6.54. The Hall–Kier alpha value is -2.58. The highest BCUT2D eigenvalue weighted by atomic mass is 19.4. The summed E-state index contributed by atoms with van der Waals surface area (Å²) in [5.41, 5.74) is -0.958. The van der Waals surface area contributed by atoms with Crippen LogP contribution in [0.25, 0.3) is 11.4 Å². The van der Waals surface area contributed by atoms with Crippen LogP contribution in [0.5, 0.6) is 0 Å². The number of carbonyl (C=O) groups is 1. The zero-order chi connectivity index (χ0) is 20.0. The molecule has 1 saturated heterocycles. The summed E-state index contributed by atoms with van der Waals surface area (Å²) in [5.74, 6) is 0.219. The van der Waals surface area contributed by atoms with E-state index in [1.165, 1.54) is 24.0 Å². The van der Waals surface area contributed by atoms with E-state index in [9.17, 15) is 18.0 Å². The Kier molecular flexibility index (Phi) is 4.65. The van der Waals surface area contributed by atoms with Crippen molar-refractivity contribution in [2.45, 2.75) is 45.4 Å². The Morgan fingerprint density at radius 2 is 1.93 bits per heavy atom. The molecule has 1 fully saturated rings. The van der Waals surface area contributed by atoms with E-state index in [0.29, 0.717) is 19.0 Å². The van der Waals surface area contributed by atoms with Gasteiger partial charge in [-0.2, -0.15) is 18.2 Å². The third kappa shape index (κ3) is 4.23. The first-order chi connectivity index (χ1) is 12.4. The third-order valence-corrected chi connectivity index (χ3v) is 4.13. The molecule has 1 aromatic carbocycles. The fraction of sp³-hybridized carbons (Fsp3) is 0.500. The van der Waals surface area contributed by atoms with Gasteiger partial charge < -0.3 is 14.2 Å². The molecule has 1 aliphatic heterocycles. The van der Waals surface area contributed by atoms with E-state index in [1.807, 2.05) is 0 Å². The molecule has 0 atom stereocenters. The fourth-order valence-electron chi connectivity index (χ4n) is 2.70. The zero-order valence-corrected chi connectivity index (χ0v) is 15.4. The molecule has 27 heavy (non-hydrogen) atoms. The van der Waals surface area contributed by atoms with Crippen molar-refractivity contribution in [1.82, 2.24) is 15.0 Å². The lowest BCUT2D eigenvalue weighted by molar-refractivity contribution is -0.138. The number of benzene rings is 1. The summed E-state index contributed by atoms with van der Waals surface area (Å²) in [6.07, 6.45) is -4.87. The molecule has 0 radical (unpaired) electrons. The molecule has 146 valence electrons. The topological polar surface area (TPSA) is 68.5 Å². The zero-order valence-electron chi connectivity index (χ0n) is 15.4. The van der Waals surface area contributed by atoms with Gasteiger partial charge in [0.05, 0.1) is 11.5 Å². The summed E-state index contributed by atoms with van der Waals surface area (Å²) in [4.78, 5) is 17.6. The second-order valence-corrected chi connectivity index (χ2v) is 7.57. The van der Waals surface area contributed by atoms with E-state index >= 15 is 0 Å². The number of amides is 1. The van der Waals surface area contributed by atoms with Gasteiger partial charge in [-0.15, -0.1) is 0 Å². The Labute approximate surface area is 154 Å². The summed E-state index contributed by atoms with van der Waals surface area (Å²) in [7, 11) is 0. The van der Waals surface area contributed by atoms with Crippen LogP contribution in [0.3, 0.4) is 0 Å². The number of ether oxygens (including phenoxy) is 1. The first-order valence-corrected chi connectivity index (χ1v) is 8.44. The first-order valence-electron chi connectivity index (χ1n) is 8.44. The van der Waals surface area contributed by atoms with E-state index in [4.69, 9.17) is 9.26 Å². The lowest BCUT2D eigenvalue weighted by Crippen LogP contribution is -2.50. The molecule has 1 aliphatic rings. The summed E-state index contributed by atoms with van der Waals surface area (Å²) >= 11 is 0. The number of nitrogens with zero attached hydrogens (tertiary/aromatic N) is 3. The molecule has 0 saturated carbocycles. The number of aromatic nitrogens is 2. The normalized spacial score (nSPS) is 15.6. The van der Waals surface area contributed by atoms with Crippen LogP contribution in [-0.4, -0.2) is 39.8 Å². The Balaban J connectivity index is 1.70. The number of hydrogen-bond acceptors (Lipinski definition) is 5. The van der Waals surface area contributed by atoms with Gasteiger partial charge in [0.15, 0.2) is 0 Å². The van der Waals surface area contributed by atoms with Crippen LogP contribution in [0, 0.1) is 6.92 Å². The molecule has 0 spiro atoms. The van der Waals surface area contributed by atoms with Crippen molar-refractivity contribution < 1.29 is 27.2 Å². The van der Waals surface area contributed by atoms with Crippen molar-refractivity contribution in [3.05, 3.63) is 35.2 Å². The highest BCUT2D eigenvalue weighted by molar-refractivity contribution is 5.69. The number of likely N-dealkylation sites (tertiary alicyclic amines) is 1. The number of hydrogen-bond donors (Lipinski definition) is 0. The van der Waals surface area contributed by atoms with Crippen LogP contribution >= 0.6 is 0 Å². The highest BCUT2D eigenvalue weighted by Crippen LogP contribution is 2.35. The molecule has 0 bridgehead atoms. The molecule has 3 rings (SSSR count). The second-order valence-electron chi connectivity index (χ2n) is 7.57. The predicted molar refractivity (Wildman–Crippen MR) is 90.0 cm³/mol. The summed E-state index contributed by atoms with van der Waals surface area (Å²) in [6.45, 7) is 7.46. The monoisotopic (exact) mass is 383 g/mol. The molecular weight excluding hydrogens is 363 g/mol. The van der Waals surface area contributed by atoms with Crippen molar-refractivity contribution in [3.63, 3.8) is 0 Å².